The summed E-state index contributed by atoms with van der Waals surface area (Å²) in [5, 5.41) is 2.98. The number of sulfonamides is 1. The zero-order valence-electron chi connectivity index (χ0n) is 13.6. The van der Waals surface area contributed by atoms with Crippen LogP contribution in [0.1, 0.15) is 19.8 Å². The van der Waals surface area contributed by atoms with Crippen LogP contribution in [0.4, 0.5) is 4.39 Å². The number of rotatable bonds is 5. The van der Waals surface area contributed by atoms with Crippen LogP contribution in [0.3, 0.4) is 0 Å². The van der Waals surface area contributed by atoms with Gasteiger partial charge in [-0.15, -0.1) is 0 Å². The molecule has 1 saturated heterocycles. The Morgan fingerprint density at radius 3 is 2.29 bits per heavy atom. The fraction of sp³-hybridized carbons (Fsp3) is 0.562. The molecule has 1 aliphatic carbocycles. The Morgan fingerprint density at radius 2 is 1.75 bits per heavy atom. The number of piperazine rings is 1. The summed E-state index contributed by atoms with van der Waals surface area (Å²) in [5.74, 6) is -0.457. The van der Waals surface area contributed by atoms with E-state index < -0.39 is 15.8 Å². The van der Waals surface area contributed by atoms with E-state index in [4.69, 9.17) is 0 Å². The first kappa shape index (κ1) is 17.3. The van der Waals surface area contributed by atoms with Crippen molar-refractivity contribution < 1.29 is 17.6 Å². The second-order valence-corrected chi connectivity index (χ2v) is 8.29. The van der Waals surface area contributed by atoms with E-state index in [-0.39, 0.29) is 16.8 Å². The van der Waals surface area contributed by atoms with Crippen molar-refractivity contribution in [1.82, 2.24) is 14.5 Å². The molecule has 2 fully saturated rings. The zero-order valence-corrected chi connectivity index (χ0v) is 14.4. The summed E-state index contributed by atoms with van der Waals surface area (Å²) in [5.41, 5.74) is 0. The van der Waals surface area contributed by atoms with Crippen molar-refractivity contribution in [3.8, 4) is 0 Å². The van der Waals surface area contributed by atoms with Crippen LogP contribution in [-0.2, 0) is 14.8 Å². The van der Waals surface area contributed by atoms with Gasteiger partial charge in [0.2, 0.25) is 15.9 Å². The SMILES string of the molecule is C[C@@H](C(=O)NC1CC1)N1CCN(S(=O)(=O)c2ccc(F)cc2)CC1. The van der Waals surface area contributed by atoms with Crippen LogP contribution in [0.2, 0.25) is 0 Å². The maximum Gasteiger partial charge on any atom is 0.243 e. The van der Waals surface area contributed by atoms with Gasteiger partial charge in [0.1, 0.15) is 5.82 Å². The maximum absolute atomic E-state index is 13.0. The third kappa shape index (κ3) is 3.76. The van der Waals surface area contributed by atoms with Gasteiger partial charge in [-0.1, -0.05) is 0 Å². The molecule has 1 aromatic carbocycles. The normalized spacial score (nSPS) is 21.4. The molecule has 0 spiro atoms. The molecule has 3 rings (SSSR count). The van der Waals surface area contributed by atoms with E-state index in [0.29, 0.717) is 32.2 Å². The summed E-state index contributed by atoms with van der Waals surface area (Å²) in [6.45, 7) is 3.49. The Labute approximate surface area is 141 Å². The van der Waals surface area contributed by atoms with Crippen molar-refractivity contribution in [2.24, 2.45) is 0 Å². The minimum absolute atomic E-state index is 0.00680. The topological polar surface area (TPSA) is 69.7 Å². The summed E-state index contributed by atoms with van der Waals surface area (Å²) in [4.78, 5) is 14.2. The Bertz CT molecular complexity index is 696. The largest absolute Gasteiger partial charge is 0.352 e. The first-order valence-electron chi connectivity index (χ1n) is 8.18. The Hall–Kier alpha value is -1.51. The summed E-state index contributed by atoms with van der Waals surface area (Å²) in [6, 6.07) is 4.91. The number of benzene rings is 1. The number of hydrogen-bond donors (Lipinski definition) is 1. The van der Waals surface area contributed by atoms with Gasteiger partial charge in [-0.3, -0.25) is 9.69 Å². The van der Waals surface area contributed by atoms with Gasteiger partial charge in [0.25, 0.3) is 0 Å². The van der Waals surface area contributed by atoms with Gasteiger partial charge in [0.15, 0.2) is 0 Å². The lowest BCUT2D eigenvalue weighted by Crippen LogP contribution is -2.55. The summed E-state index contributed by atoms with van der Waals surface area (Å²) >= 11 is 0. The molecule has 1 amide bonds. The fourth-order valence-electron chi connectivity index (χ4n) is 2.80. The lowest BCUT2D eigenvalue weighted by molar-refractivity contribution is -0.126. The van der Waals surface area contributed by atoms with Gasteiger partial charge in [0.05, 0.1) is 10.9 Å². The molecule has 132 valence electrons. The third-order valence-corrected chi connectivity index (χ3v) is 6.49. The minimum atomic E-state index is -3.62. The number of carbonyl (C=O) groups excluding carboxylic acids is 1. The molecule has 1 heterocycles. The van der Waals surface area contributed by atoms with Crippen LogP contribution in [0.15, 0.2) is 29.2 Å². The molecular weight excluding hydrogens is 333 g/mol. The van der Waals surface area contributed by atoms with E-state index in [1.165, 1.54) is 16.4 Å². The number of halogens is 1. The van der Waals surface area contributed by atoms with Gasteiger partial charge in [-0.25, -0.2) is 12.8 Å². The first-order valence-corrected chi connectivity index (χ1v) is 9.62. The Morgan fingerprint density at radius 1 is 1.17 bits per heavy atom. The molecule has 0 unspecified atom stereocenters. The molecule has 8 heteroatoms. The molecule has 1 atom stereocenters. The van der Waals surface area contributed by atoms with Crippen LogP contribution in [0.5, 0.6) is 0 Å². The van der Waals surface area contributed by atoms with Crippen molar-refractivity contribution in [1.29, 1.82) is 0 Å². The molecule has 0 radical (unpaired) electrons. The van der Waals surface area contributed by atoms with E-state index in [1.807, 2.05) is 11.8 Å². The standard InChI is InChI=1S/C16H22FN3O3S/c1-12(16(21)18-14-4-5-14)19-8-10-20(11-9-19)24(22,23)15-6-2-13(17)3-7-15/h2-3,6-7,12,14H,4-5,8-11H2,1H3,(H,18,21)/t12-/m0/s1. The smallest absolute Gasteiger partial charge is 0.243 e. The molecule has 0 bridgehead atoms. The van der Waals surface area contributed by atoms with Crippen LogP contribution >= 0.6 is 0 Å². The van der Waals surface area contributed by atoms with Crippen molar-refractivity contribution >= 4 is 15.9 Å². The zero-order chi connectivity index (χ0) is 17.3. The Kier molecular flexibility index (Phi) is 4.89. The summed E-state index contributed by atoms with van der Waals surface area (Å²) in [6.07, 6.45) is 2.09. The molecular formula is C16H22FN3O3S. The van der Waals surface area contributed by atoms with Crippen molar-refractivity contribution in [2.45, 2.75) is 36.7 Å². The molecule has 1 aliphatic heterocycles. The Balaban J connectivity index is 1.59. The number of nitrogens with zero attached hydrogens (tertiary/aromatic N) is 2. The van der Waals surface area contributed by atoms with Crippen LogP contribution < -0.4 is 5.32 Å². The van der Waals surface area contributed by atoms with E-state index in [9.17, 15) is 17.6 Å². The second kappa shape index (κ2) is 6.78. The van der Waals surface area contributed by atoms with E-state index in [1.54, 1.807) is 0 Å². The van der Waals surface area contributed by atoms with Crippen molar-refractivity contribution in [3.63, 3.8) is 0 Å². The van der Waals surface area contributed by atoms with Gasteiger partial charge in [-0.05, 0) is 44.0 Å². The highest BCUT2D eigenvalue weighted by Crippen LogP contribution is 2.21. The van der Waals surface area contributed by atoms with E-state index >= 15 is 0 Å². The van der Waals surface area contributed by atoms with E-state index in [2.05, 4.69) is 5.32 Å². The molecule has 6 nitrogen and oxygen atoms in total. The van der Waals surface area contributed by atoms with Gasteiger partial charge < -0.3 is 5.32 Å². The highest BCUT2D eigenvalue weighted by molar-refractivity contribution is 7.89. The number of hydrogen-bond acceptors (Lipinski definition) is 4. The van der Waals surface area contributed by atoms with Crippen LogP contribution in [0.25, 0.3) is 0 Å². The number of carbonyl (C=O) groups is 1. The molecule has 1 N–H and O–H groups in total. The van der Waals surface area contributed by atoms with Gasteiger partial charge >= 0.3 is 0 Å². The first-order chi connectivity index (χ1) is 11.4. The molecule has 1 aromatic rings. The van der Waals surface area contributed by atoms with E-state index in [0.717, 1.165) is 25.0 Å². The molecule has 0 aromatic heterocycles. The number of amides is 1. The van der Waals surface area contributed by atoms with Gasteiger partial charge in [0, 0.05) is 32.2 Å². The molecule has 24 heavy (non-hydrogen) atoms. The third-order valence-electron chi connectivity index (χ3n) is 4.58. The highest BCUT2D eigenvalue weighted by Gasteiger charge is 2.33. The van der Waals surface area contributed by atoms with Crippen molar-refractivity contribution in [3.05, 3.63) is 30.1 Å². The molecule has 1 saturated carbocycles. The molecule has 2 aliphatic rings. The lowest BCUT2D eigenvalue weighted by atomic mass is 10.2. The summed E-state index contributed by atoms with van der Waals surface area (Å²) < 4.78 is 39.5. The van der Waals surface area contributed by atoms with Crippen molar-refractivity contribution in [2.75, 3.05) is 26.2 Å². The lowest BCUT2D eigenvalue weighted by Gasteiger charge is -2.36. The maximum atomic E-state index is 13.0. The average molecular weight is 355 g/mol. The monoisotopic (exact) mass is 355 g/mol. The fourth-order valence-corrected chi connectivity index (χ4v) is 4.22. The second-order valence-electron chi connectivity index (χ2n) is 6.35. The quantitative estimate of drug-likeness (QED) is 0.848. The average Bonchev–Trinajstić information content (AvgIpc) is 3.38. The minimum Gasteiger partial charge on any atom is -0.352 e. The highest BCUT2D eigenvalue weighted by atomic mass is 32.2. The summed E-state index contributed by atoms with van der Waals surface area (Å²) in [7, 11) is -3.62. The predicted molar refractivity (Wildman–Crippen MR) is 87.4 cm³/mol. The predicted octanol–water partition coefficient (Wildman–Crippen LogP) is 0.799. The van der Waals surface area contributed by atoms with Crippen LogP contribution in [0, 0.1) is 5.82 Å². The van der Waals surface area contributed by atoms with Crippen LogP contribution in [-0.4, -0.2) is 61.8 Å². The number of nitrogens with one attached hydrogen (secondary N) is 1. The van der Waals surface area contributed by atoms with Gasteiger partial charge in [-0.2, -0.15) is 4.31 Å².